The maximum absolute atomic E-state index is 13.3. The van der Waals surface area contributed by atoms with Gasteiger partial charge in [0.2, 0.25) is 10.0 Å². The molecule has 0 spiro atoms. The van der Waals surface area contributed by atoms with Crippen molar-refractivity contribution in [2.45, 2.75) is 24.3 Å². The van der Waals surface area contributed by atoms with Gasteiger partial charge in [0.05, 0.1) is 11.4 Å². The van der Waals surface area contributed by atoms with Gasteiger partial charge in [0.25, 0.3) is 0 Å². The summed E-state index contributed by atoms with van der Waals surface area (Å²) in [6.45, 7) is 3.70. The molecule has 2 heterocycles. The normalized spacial score (nSPS) is 18.1. The second-order valence-electron chi connectivity index (χ2n) is 6.67. The maximum Gasteiger partial charge on any atom is 0.243 e. The van der Waals surface area contributed by atoms with Crippen molar-refractivity contribution < 1.29 is 27.4 Å². The predicted molar refractivity (Wildman–Crippen MR) is 103 cm³/mol. The molecule has 150 valence electrons. The standard InChI is InChI=1S/C20H23NO6S/c1-2-9-21(13-15-14-26-17-5-3-4-6-19(17)27-15)28(22,23)16-7-8-18-20(12-16)25-11-10-24-18/h3-8,12,15H,2,9-11,13-14H2,1H3/t15-/m0/s1. The first-order chi connectivity index (χ1) is 13.6. The molecule has 0 bridgehead atoms. The Morgan fingerprint density at radius 1 is 0.964 bits per heavy atom. The van der Waals surface area contributed by atoms with E-state index in [4.69, 9.17) is 18.9 Å². The van der Waals surface area contributed by atoms with Gasteiger partial charge in [0, 0.05) is 12.6 Å². The highest BCUT2D eigenvalue weighted by Crippen LogP contribution is 2.34. The lowest BCUT2D eigenvalue weighted by atomic mass is 10.2. The number of hydrogen-bond acceptors (Lipinski definition) is 6. The number of nitrogens with zero attached hydrogens (tertiary/aromatic N) is 1. The zero-order valence-electron chi connectivity index (χ0n) is 15.7. The van der Waals surface area contributed by atoms with Gasteiger partial charge in [-0.3, -0.25) is 0 Å². The van der Waals surface area contributed by atoms with E-state index in [-0.39, 0.29) is 17.5 Å². The molecular formula is C20H23NO6S. The quantitative estimate of drug-likeness (QED) is 0.736. The van der Waals surface area contributed by atoms with Crippen molar-refractivity contribution in [3.8, 4) is 23.0 Å². The molecule has 0 radical (unpaired) electrons. The largest absolute Gasteiger partial charge is 0.486 e. The summed E-state index contributed by atoms with van der Waals surface area (Å²) in [5.41, 5.74) is 0. The fraction of sp³-hybridized carbons (Fsp3) is 0.400. The van der Waals surface area contributed by atoms with Gasteiger partial charge in [-0.1, -0.05) is 19.1 Å². The van der Waals surface area contributed by atoms with Crippen LogP contribution < -0.4 is 18.9 Å². The van der Waals surface area contributed by atoms with Gasteiger partial charge in [-0.15, -0.1) is 0 Å². The fourth-order valence-corrected chi connectivity index (χ4v) is 4.85. The molecule has 4 rings (SSSR count). The third-order valence-corrected chi connectivity index (χ3v) is 6.46. The summed E-state index contributed by atoms with van der Waals surface area (Å²) in [5.74, 6) is 2.32. The highest BCUT2D eigenvalue weighted by atomic mass is 32.2. The highest BCUT2D eigenvalue weighted by Gasteiger charge is 2.31. The molecule has 2 aliphatic rings. The first-order valence-corrected chi connectivity index (χ1v) is 10.8. The van der Waals surface area contributed by atoms with Gasteiger partial charge >= 0.3 is 0 Å². The summed E-state index contributed by atoms with van der Waals surface area (Å²) in [7, 11) is -3.71. The van der Waals surface area contributed by atoms with Crippen LogP contribution >= 0.6 is 0 Å². The van der Waals surface area contributed by atoms with Gasteiger partial charge < -0.3 is 18.9 Å². The van der Waals surface area contributed by atoms with Crippen LogP contribution in [0.1, 0.15) is 13.3 Å². The summed E-state index contributed by atoms with van der Waals surface area (Å²) >= 11 is 0. The average Bonchev–Trinajstić information content (AvgIpc) is 2.73. The number of ether oxygens (including phenoxy) is 4. The molecule has 8 heteroatoms. The van der Waals surface area contributed by atoms with Crippen molar-refractivity contribution in [3.05, 3.63) is 42.5 Å². The smallest absolute Gasteiger partial charge is 0.243 e. The second kappa shape index (κ2) is 7.89. The van der Waals surface area contributed by atoms with E-state index in [0.717, 1.165) is 0 Å². The van der Waals surface area contributed by atoms with Crippen LogP contribution in [0.25, 0.3) is 0 Å². The fourth-order valence-electron chi connectivity index (χ4n) is 3.27. The van der Waals surface area contributed by atoms with Crippen molar-refractivity contribution in [2.24, 2.45) is 0 Å². The Kier molecular flexibility index (Phi) is 5.32. The Morgan fingerprint density at radius 2 is 1.68 bits per heavy atom. The van der Waals surface area contributed by atoms with E-state index < -0.39 is 10.0 Å². The van der Waals surface area contributed by atoms with E-state index in [9.17, 15) is 8.42 Å². The minimum absolute atomic E-state index is 0.183. The van der Waals surface area contributed by atoms with Gasteiger partial charge in [-0.05, 0) is 30.7 Å². The third kappa shape index (κ3) is 3.74. The van der Waals surface area contributed by atoms with Gasteiger partial charge in [0.1, 0.15) is 25.9 Å². The Morgan fingerprint density at radius 3 is 2.46 bits per heavy atom. The first kappa shape index (κ1) is 18.9. The lowest BCUT2D eigenvalue weighted by Gasteiger charge is -2.31. The SMILES string of the molecule is CCCN(C[C@H]1COc2ccccc2O1)S(=O)(=O)c1ccc2c(c1)OCCO2. The third-order valence-electron chi connectivity index (χ3n) is 4.60. The number of para-hydroxylation sites is 2. The lowest BCUT2D eigenvalue weighted by Crippen LogP contribution is -2.44. The molecule has 7 nitrogen and oxygen atoms in total. The highest BCUT2D eigenvalue weighted by molar-refractivity contribution is 7.89. The van der Waals surface area contributed by atoms with Gasteiger partial charge in [0.15, 0.2) is 23.0 Å². The van der Waals surface area contributed by atoms with Crippen LogP contribution in [0.3, 0.4) is 0 Å². The Labute approximate surface area is 164 Å². The van der Waals surface area contributed by atoms with Crippen LogP contribution in [0.2, 0.25) is 0 Å². The first-order valence-electron chi connectivity index (χ1n) is 9.36. The molecule has 0 aromatic heterocycles. The van der Waals surface area contributed by atoms with Crippen LogP contribution in [0, 0.1) is 0 Å². The van der Waals surface area contributed by atoms with Crippen LogP contribution in [0.5, 0.6) is 23.0 Å². The van der Waals surface area contributed by atoms with E-state index in [1.165, 1.54) is 10.4 Å². The summed E-state index contributed by atoms with van der Waals surface area (Å²) < 4.78 is 50.7. The van der Waals surface area contributed by atoms with Crippen molar-refractivity contribution in [1.82, 2.24) is 4.31 Å². The molecular weight excluding hydrogens is 382 g/mol. The number of benzene rings is 2. The van der Waals surface area contributed by atoms with Crippen molar-refractivity contribution in [3.63, 3.8) is 0 Å². The molecule has 0 amide bonds. The van der Waals surface area contributed by atoms with Crippen LogP contribution in [-0.4, -0.2) is 51.7 Å². The monoisotopic (exact) mass is 405 g/mol. The Bertz CT molecular complexity index is 945. The lowest BCUT2D eigenvalue weighted by molar-refractivity contribution is 0.0764. The minimum atomic E-state index is -3.71. The van der Waals surface area contributed by atoms with Gasteiger partial charge in [-0.2, -0.15) is 4.31 Å². The average molecular weight is 405 g/mol. The molecule has 2 aromatic carbocycles. The number of hydrogen-bond donors (Lipinski definition) is 0. The summed E-state index contributed by atoms with van der Waals surface area (Å²) in [5, 5.41) is 0. The Balaban J connectivity index is 1.55. The van der Waals surface area contributed by atoms with Crippen LogP contribution in [-0.2, 0) is 10.0 Å². The van der Waals surface area contributed by atoms with E-state index in [1.807, 2.05) is 31.2 Å². The number of rotatable bonds is 6. The van der Waals surface area contributed by atoms with E-state index >= 15 is 0 Å². The minimum Gasteiger partial charge on any atom is -0.486 e. The summed E-state index contributed by atoms with van der Waals surface area (Å²) in [4.78, 5) is 0.183. The number of fused-ring (bicyclic) bond motifs is 2. The van der Waals surface area contributed by atoms with Crippen molar-refractivity contribution in [2.75, 3.05) is 32.9 Å². The molecule has 2 aromatic rings. The Hall–Kier alpha value is -2.45. The molecule has 28 heavy (non-hydrogen) atoms. The zero-order valence-corrected chi connectivity index (χ0v) is 16.5. The summed E-state index contributed by atoms with van der Waals surface area (Å²) in [6, 6.07) is 12.1. The van der Waals surface area contributed by atoms with Crippen molar-refractivity contribution >= 4 is 10.0 Å². The topological polar surface area (TPSA) is 74.3 Å². The molecule has 0 saturated carbocycles. The summed E-state index contributed by atoms with van der Waals surface area (Å²) in [6.07, 6.45) is 0.307. The van der Waals surface area contributed by atoms with E-state index in [0.29, 0.717) is 55.8 Å². The molecule has 2 aliphatic heterocycles. The molecule has 0 saturated heterocycles. The second-order valence-corrected chi connectivity index (χ2v) is 8.60. The number of sulfonamides is 1. The van der Waals surface area contributed by atoms with E-state index in [2.05, 4.69) is 0 Å². The molecule has 0 unspecified atom stereocenters. The van der Waals surface area contributed by atoms with Gasteiger partial charge in [-0.25, -0.2) is 8.42 Å². The van der Waals surface area contributed by atoms with Crippen molar-refractivity contribution in [1.29, 1.82) is 0 Å². The zero-order chi connectivity index (χ0) is 19.6. The van der Waals surface area contributed by atoms with E-state index in [1.54, 1.807) is 12.1 Å². The predicted octanol–water partition coefficient (Wildman–Crippen LogP) is 2.70. The molecule has 1 atom stereocenters. The van der Waals surface area contributed by atoms with Crippen LogP contribution in [0.4, 0.5) is 0 Å². The van der Waals surface area contributed by atoms with Crippen LogP contribution in [0.15, 0.2) is 47.4 Å². The molecule has 0 aliphatic carbocycles. The maximum atomic E-state index is 13.3. The molecule has 0 fully saturated rings. The molecule has 0 N–H and O–H groups in total.